The third-order valence-corrected chi connectivity index (χ3v) is 2.70. The predicted octanol–water partition coefficient (Wildman–Crippen LogP) is 2.90. The first-order valence-electron chi connectivity index (χ1n) is 6.17. The van der Waals surface area contributed by atoms with Crippen LogP contribution in [0.15, 0.2) is 36.4 Å². The van der Waals surface area contributed by atoms with Crippen LogP contribution in [0.1, 0.15) is 18.1 Å². The number of phenolic OH excluding ortho intramolecular Hbond substituents is 3. The lowest BCUT2D eigenvalue weighted by atomic mass is 10.1. The number of ether oxygens (including phenoxy) is 1. The molecule has 0 aliphatic heterocycles. The van der Waals surface area contributed by atoms with Crippen molar-refractivity contribution in [3.8, 4) is 23.0 Å². The van der Waals surface area contributed by atoms with Crippen LogP contribution >= 0.6 is 0 Å². The maximum Gasteiger partial charge on any atom is 0.308 e. The highest BCUT2D eigenvalue weighted by Crippen LogP contribution is 2.35. The van der Waals surface area contributed by atoms with E-state index in [1.165, 1.54) is 19.1 Å². The van der Waals surface area contributed by atoms with E-state index in [1.807, 2.05) is 0 Å². The van der Waals surface area contributed by atoms with Crippen molar-refractivity contribution < 1.29 is 24.9 Å². The van der Waals surface area contributed by atoms with E-state index in [-0.39, 0.29) is 17.5 Å². The van der Waals surface area contributed by atoms with Gasteiger partial charge in [-0.2, -0.15) is 0 Å². The number of esters is 1. The molecular weight excluding hydrogens is 272 g/mol. The van der Waals surface area contributed by atoms with Gasteiger partial charge in [-0.05, 0) is 35.4 Å². The quantitative estimate of drug-likeness (QED) is 0.349. The van der Waals surface area contributed by atoms with Crippen molar-refractivity contribution in [2.75, 3.05) is 0 Å². The van der Waals surface area contributed by atoms with Crippen LogP contribution in [0.2, 0.25) is 0 Å². The summed E-state index contributed by atoms with van der Waals surface area (Å²) in [6.07, 6.45) is 3.42. The molecule has 108 valence electrons. The van der Waals surface area contributed by atoms with Crippen LogP contribution in [-0.4, -0.2) is 21.3 Å². The van der Waals surface area contributed by atoms with Gasteiger partial charge in [0.25, 0.3) is 0 Å². The molecule has 0 spiro atoms. The summed E-state index contributed by atoms with van der Waals surface area (Å²) in [6.45, 7) is 1.33. The van der Waals surface area contributed by atoms with Gasteiger partial charge in [0.2, 0.25) is 0 Å². The molecule has 0 atom stereocenters. The molecule has 3 N–H and O–H groups in total. The maximum absolute atomic E-state index is 10.8. The van der Waals surface area contributed by atoms with Gasteiger partial charge in [0.15, 0.2) is 17.2 Å². The standard InChI is InChI=1S/C16H14O5/c1-10(17)21-13-6-4-11(5-7-13)2-3-12-8-14(18)16(20)15(19)9-12/h2-9,18-20H,1H3. The Labute approximate surface area is 121 Å². The molecule has 0 radical (unpaired) electrons. The highest BCUT2D eigenvalue weighted by Gasteiger charge is 2.06. The zero-order chi connectivity index (χ0) is 15.4. The lowest BCUT2D eigenvalue weighted by Crippen LogP contribution is -2.00. The fourth-order valence-electron chi connectivity index (χ4n) is 1.73. The summed E-state index contributed by atoms with van der Waals surface area (Å²) in [4.78, 5) is 10.8. The van der Waals surface area contributed by atoms with Gasteiger partial charge in [0.1, 0.15) is 5.75 Å². The van der Waals surface area contributed by atoms with E-state index >= 15 is 0 Å². The number of hydrogen-bond donors (Lipinski definition) is 3. The zero-order valence-electron chi connectivity index (χ0n) is 11.3. The molecule has 2 rings (SSSR count). The van der Waals surface area contributed by atoms with E-state index in [1.54, 1.807) is 36.4 Å². The molecule has 2 aromatic rings. The first kappa shape index (κ1) is 14.5. The smallest absolute Gasteiger partial charge is 0.308 e. The molecule has 0 saturated carbocycles. The van der Waals surface area contributed by atoms with Gasteiger partial charge in [-0.1, -0.05) is 24.3 Å². The minimum atomic E-state index is -0.544. The van der Waals surface area contributed by atoms with Crippen molar-refractivity contribution in [2.24, 2.45) is 0 Å². The van der Waals surface area contributed by atoms with Gasteiger partial charge >= 0.3 is 5.97 Å². The van der Waals surface area contributed by atoms with Gasteiger partial charge in [0.05, 0.1) is 0 Å². The SMILES string of the molecule is CC(=O)Oc1ccc(C=Cc2cc(O)c(O)c(O)c2)cc1. The van der Waals surface area contributed by atoms with Gasteiger partial charge < -0.3 is 20.1 Å². The fourth-order valence-corrected chi connectivity index (χ4v) is 1.73. The van der Waals surface area contributed by atoms with Crippen LogP contribution in [0, 0.1) is 0 Å². The molecule has 21 heavy (non-hydrogen) atoms. The van der Waals surface area contributed by atoms with Crippen molar-refractivity contribution in [1.29, 1.82) is 0 Å². The van der Waals surface area contributed by atoms with E-state index in [0.717, 1.165) is 5.56 Å². The highest BCUT2D eigenvalue weighted by atomic mass is 16.5. The Morgan fingerprint density at radius 2 is 1.48 bits per heavy atom. The topological polar surface area (TPSA) is 87.0 Å². The fraction of sp³-hybridized carbons (Fsp3) is 0.0625. The first-order valence-corrected chi connectivity index (χ1v) is 6.17. The summed E-state index contributed by atoms with van der Waals surface area (Å²) in [5.41, 5.74) is 1.38. The van der Waals surface area contributed by atoms with Crippen molar-refractivity contribution >= 4 is 18.1 Å². The summed E-state index contributed by atoms with van der Waals surface area (Å²) in [5.74, 6) is -1.24. The summed E-state index contributed by atoms with van der Waals surface area (Å²) >= 11 is 0. The molecule has 5 heteroatoms. The van der Waals surface area contributed by atoms with Crippen LogP contribution < -0.4 is 4.74 Å². The Kier molecular flexibility index (Phi) is 4.13. The zero-order valence-corrected chi connectivity index (χ0v) is 11.3. The normalized spacial score (nSPS) is 10.7. The average molecular weight is 286 g/mol. The van der Waals surface area contributed by atoms with E-state index in [0.29, 0.717) is 11.3 Å². The number of carbonyl (C=O) groups excluding carboxylic acids is 1. The van der Waals surface area contributed by atoms with Crippen LogP contribution in [0.4, 0.5) is 0 Å². The lowest BCUT2D eigenvalue weighted by molar-refractivity contribution is -0.131. The molecule has 0 saturated heterocycles. The number of aromatic hydroxyl groups is 3. The largest absolute Gasteiger partial charge is 0.504 e. The summed E-state index contributed by atoms with van der Waals surface area (Å²) < 4.78 is 4.92. The van der Waals surface area contributed by atoms with Crippen LogP contribution in [-0.2, 0) is 4.79 Å². The van der Waals surface area contributed by atoms with Gasteiger partial charge in [-0.25, -0.2) is 0 Å². The molecule has 0 aromatic heterocycles. The van der Waals surface area contributed by atoms with Gasteiger partial charge in [0, 0.05) is 6.92 Å². The minimum absolute atomic E-state index is 0.381. The monoisotopic (exact) mass is 286 g/mol. The molecule has 5 nitrogen and oxygen atoms in total. The number of phenols is 3. The van der Waals surface area contributed by atoms with Crippen molar-refractivity contribution in [1.82, 2.24) is 0 Å². The Morgan fingerprint density at radius 3 is 2.00 bits per heavy atom. The maximum atomic E-state index is 10.8. The molecule has 0 fully saturated rings. The molecule has 0 amide bonds. The van der Waals surface area contributed by atoms with Crippen molar-refractivity contribution in [3.63, 3.8) is 0 Å². The molecular formula is C16H14O5. The van der Waals surface area contributed by atoms with Gasteiger partial charge in [-0.15, -0.1) is 0 Å². The van der Waals surface area contributed by atoms with E-state index < -0.39 is 5.75 Å². The Morgan fingerprint density at radius 1 is 0.952 bits per heavy atom. The second kappa shape index (κ2) is 6.00. The number of hydrogen-bond acceptors (Lipinski definition) is 5. The first-order chi connectivity index (χ1) is 9.95. The second-order valence-electron chi connectivity index (χ2n) is 4.40. The van der Waals surface area contributed by atoms with Crippen molar-refractivity contribution in [3.05, 3.63) is 47.5 Å². The molecule has 0 aliphatic rings. The molecule has 0 unspecified atom stereocenters. The Hall–Kier alpha value is -2.95. The molecule has 0 aliphatic carbocycles. The van der Waals surface area contributed by atoms with Crippen LogP contribution in [0.3, 0.4) is 0 Å². The molecule has 2 aromatic carbocycles. The third-order valence-electron chi connectivity index (χ3n) is 2.70. The van der Waals surface area contributed by atoms with Crippen LogP contribution in [0.5, 0.6) is 23.0 Å². The highest BCUT2D eigenvalue weighted by molar-refractivity contribution is 5.73. The summed E-state index contributed by atoms with van der Waals surface area (Å²) in [7, 11) is 0. The van der Waals surface area contributed by atoms with Gasteiger partial charge in [-0.3, -0.25) is 4.79 Å². The third kappa shape index (κ3) is 3.76. The van der Waals surface area contributed by atoms with Crippen molar-refractivity contribution in [2.45, 2.75) is 6.92 Å². The van der Waals surface area contributed by atoms with E-state index in [2.05, 4.69) is 0 Å². The lowest BCUT2D eigenvalue weighted by Gasteiger charge is -2.03. The number of benzene rings is 2. The van der Waals surface area contributed by atoms with E-state index in [4.69, 9.17) is 4.74 Å². The number of rotatable bonds is 3. The average Bonchev–Trinajstić information content (AvgIpc) is 2.43. The Bertz CT molecular complexity index is 663. The minimum Gasteiger partial charge on any atom is -0.504 e. The second-order valence-corrected chi connectivity index (χ2v) is 4.40. The molecule has 0 bridgehead atoms. The van der Waals surface area contributed by atoms with Crippen LogP contribution in [0.25, 0.3) is 12.2 Å². The number of carbonyl (C=O) groups is 1. The molecule has 0 heterocycles. The summed E-state index contributed by atoms with van der Waals surface area (Å²) in [6, 6.07) is 9.50. The summed E-state index contributed by atoms with van der Waals surface area (Å²) in [5, 5.41) is 28.1. The Balaban J connectivity index is 2.16. The van der Waals surface area contributed by atoms with E-state index in [9.17, 15) is 20.1 Å². The predicted molar refractivity (Wildman–Crippen MR) is 78.1 cm³/mol.